The van der Waals surface area contributed by atoms with Crippen molar-refractivity contribution in [1.29, 1.82) is 0 Å². The summed E-state index contributed by atoms with van der Waals surface area (Å²) in [5.74, 6) is 0.858. The first-order valence-corrected chi connectivity index (χ1v) is 11.7. The third-order valence-electron chi connectivity index (χ3n) is 5.17. The summed E-state index contributed by atoms with van der Waals surface area (Å²) >= 11 is 0. The number of hydrogen-bond acceptors (Lipinski definition) is 10. The van der Waals surface area contributed by atoms with E-state index in [2.05, 4.69) is 35.9 Å². The Morgan fingerprint density at radius 1 is 0.974 bits per heavy atom. The highest BCUT2D eigenvalue weighted by atomic mass is 19.1. The Morgan fingerprint density at radius 2 is 1.82 bits per heavy atom. The standard InChI is InChI=1S/C25H28FN7O5/c1-15(34)29-19-12-16(26)4-6-18(19)31-24-22-23(28-14-27-22)32-25(33-24)30-17-5-7-20(21(13-17)36-3)38-11-10-37-9-8-35-2/h4-7,12-14H,8-11H2,1-3H3,(H,29,34)(H3,27,28,30,31,32,33). The lowest BCUT2D eigenvalue weighted by molar-refractivity contribution is -0.114. The lowest BCUT2D eigenvalue weighted by Crippen LogP contribution is -2.10. The molecule has 0 saturated carbocycles. The first kappa shape index (κ1) is 26.6. The van der Waals surface area contributed by atoms with E-state index in [0.717, 1.165) is 0 Å². The molecule has 0 unspecified atom stereocenters. The Bertz CT molecular complexity index is 1400. The number of nitrogens with one attached hydrogen (secondary N) is 4. The molecule has 2 heterocycles. The number of rotatable bonds is 13. The number of fused-ring (bicyclic) bond motifs is 1. The Hall–Kier alpha value is -4.49. The van der Waals surface area contributed by atoms with Crippen LogP contribution in [0.2, 0.25) is 0 Å². The third-order valence-corrected chi connectivity index (χ3v) is 5.17. The molecule has 0 aliphatic heterocycles. The number of hydrogen-bond donors (Lipinski definition) is 4. The van der Waals surface area contributed by atoms with E-state index >= 15 is 0 Å². The minimum absolute atomic E-state index is 0.248. The number of imidazole rings is 1. The van der Waals surface area contributed by atoms with Gasteiger partial charge in [-0.25, -0.2) is 9.37 Å². The number of carbonyl (C=O) groups is 1. The summed E-state index contributed by atoms with van der Waals surface area (Å²) in [5, 5.41) is 8.88. The fourth-order valence-electron chi connectivity index (χ4n) is 3.47. The van der Waals surface area contributed by atoms with Crippen LogP contribution in [0.1, 0.15) is 6.92 Å². The molecule has 0 aliphatic carbocycles. The van der Waals surface area contributed by atoms with Crippen molar-refractivity contribution >= 4 is 45.9 Å². The largest absolute Gasteiger partial charge is 0.493 e. The zero-order valence-electron chi connectivity index (χ0n) is 21.1. The number of H-pyrrole nitrogens is 1. The fourth-order valence-corrected chi connectivity index (χ4v) is 3.47. The smallest absolute Gasteiger partial charge is 0.231 e. The van der Waals surface area contributed by atoms with Gasteiger partial charge < -0.3 is 39.9 Å². The minimum atomic E-state index is -0.490. The number of carbonyl (C=O) groups excluding carboxylic acids is 1. The molecule has 2 aromatic heterocycles. The second-order valence-corrected chi connectivity index (χ2v) is 7.94. The number of ether oxygens (including phenoxy) is 4. The molecule has 1 amide bonds. The van der Waals surface area contributed by atoms with E-state index in [0.29, 0.717) is 66.3 Å². The molecule has 12 nitrogen and oxygen atoms in total. The lowest BCUT2D eigenvalue weighted by Gasteiger charge is -2.15. The highest BCUT2D eigenvalue weighted by Crippen LogP contribution is 2.33. The number of halogens is 1. The van der Waals surface area contributed by atoms with Crippen LogP contribution in [0.4, 0.5) is 33.2 Å². The van der Waals surface area contributed by atoms with Gasteiger partial charge in [-0.1, -0.05) is 0 Å². The quantitative estimate of drug-likeness (QED) is 0.189. The Kier molecular flexibility index (Phi) is 8.85. The van der Waals surface area contributed by atoms with E-state index in [-0.39, 0.29) is 17.5 Å². The summed E-state index contributed by atoms with van der Waals surface area (Å²) in [6.45, 7) is 3.12. The molecule has 13 heteroatoms. The Morgan fingerprint density at radius 3 is 2.61 bits per heavy atom. The fraction of sp³-hybridized carbons (Fsp3) is 0.280. The van der Waals surface area contributed by atoms with E-state index in [9.17, 15) is 9.18 Å². The second-order valence-electron chi connectivity index (χ2n) is 7.94. The highest BCUT2D eigenvalue weighted by molar-refractivity contribution is 5.95. The van der Waals surface area contributed by atoms with Gasteiger partial charge in [0.1, 0.15) is 17.9 Å². The van der Waals surface area contributed by atoms with Crippen molar-refractivity contribution in [2.75, 3.05) is 56.6 Å². The molecule has 2 aromatic carbocycles. The molecular formula is C25H28FN7O5. The number of aromatic nitrogens is 4. The molecule has 0 spiro atoms. The van der Waals surface area contributed by atoms with E-state index in [1.54, 1.807) is 32.4 Å². The highest BCUT2D eigenvalue weighted by Gasteiger charge is 2.14. The molecule has 38 heavy (non-hydrogen) atoms. The van der Waals surface area contributed by atoms with Crippen LogP contribution in [0.25, 0.3) is 11.2 Å². The van der Waals surface area contributed by atoms with Crippen LogP contribution < -0.4 is 25.4 Å². The van der Waals surface area contributed by atoms with Gasteiger partial charge in [0.2, 0.25) is 11.9 Å². The number of methoxy groups -OCH3 is 2. The topological polar surface area (TPSA) is 145 Å². The second kappa shape index (κ2) is 12.7. The van der Waals surface area contributed by atoms with E-state index < -0.39 is 5.82 Å². The van der Waals surface area contributed by atoms with Gasteiger partial charge >= 0.3 is 0 Å². The Labute approximate surface area is 217 Å². The van der Waals surface area contributed by atoms with Crippen molar-refractivity contribution in [3.05, 3.63) is 48.5 Å². The maximum atomic E-state index is 13.8. The molecule has 0 bridgehead atoms. The number of anilines is 5. The van der Waals surface area contributed by atoms with Crippen molar-refractivity contribution in [3.63, 3.8) is 0 Å². The predicted molar refractivity (Wildman–Crippen MR) is 140 cm³/mol. The van der Waals surface area contributed by atoms with Crippen molar-refractivity contribution in [3.8, 4) is 11.5 Å². The Balaban J connectivity index is 1.53. The van der Waals surface area contributed by atoms with Gasteiger partial charge in [-0.3, -0.25) is 4.79 Å². The molecule has 0 radical (unpaired) electrons. The van der Waals surface area contributed by atoms with E-state index in [1.807, 2.05) is 0 Å². The predicted octanol–water partition coefficient (Wildman–Crippen LogP) is 3.99. The van der Waals surface area contributed by atoms with Crippen molar-refractivity contribution in [2.45, 2.75) is 6.92 Å². The molecule has 4 aromatic rings. The zero-order chi connectivity index (χ0) is 26.9. The molecule has 0 saturated heterocycles. The van der Waals surface area contributed by atoms with Crippen molar-refractivity contribution in [1.82, 2.24) is 19.9 Å². The van der Waals surface area contributed by atoms with Gasteiger partial charge in [0.05, 0.1) is 44.6 Å². The summed E-state index contributed by atoms with van der Waals surface area (Å²) < 4.78 is 35.4. The van der Waals surface area contributed by atoms with E-state index in [1.165, 1.54) is 31.5 Å². The first-order valence-electron chi connectivity index (χ1n) is 11.7. The van der Waals surface area contributed by atoms with Gasteiger partial charge in [0, 0.05) is 25.8 Å². The maximum Gasteiger partial charge on any atom is 0.231 e. The maximum absolute atomic E-state index is 13.8. The van der Waals surface area contributed by atoms with Gasteiger partial charge in [-0.05, 0) is 30.3 Å². The van der Waals surface area contributed by atoms with Crippen LogP contribution in [0.15, 0.2) is 42.7 Å². The normalized spacial score (nSPS) is 10.8. The number of aromatic amines is 1. The zero-order valence-corrected chi connectivity index (χ0v) is 21.1. The minimum Gasteiger partial charge on any atom is -0.493 e. The first-order chi connectivity index (χ1) is 18.5. The summed E-state index contributed by atoms with van der Waals surface area (Å²) in [6.07, 6.45) is 1.49. The number of amides is 1. The van der Waals surface area contributed by atoms with Crippen LogP contribution in [-0.2, 0) is 14.3 Å². The molecule has 0 aliphatic rings. The lowest BCUT2D eigenvalue weighted by atomic mass is 10.2. The monoisotopic (exact) mass is 525 g/mol. The summed E-state index contributed by atoms with van der Waals surface area (Å²) in [7, 11) is 3.16. The summed E-state index contributed by atoms with van der Waals surface area (Å²) in [6, 6.07) is 9.31. The van der Waals surface area contributed by atoms with Gasteiger partial charge in [-0.2, -0.15) is 9.97 Å². The third kappa shape index (κ3) is 6.83. The average molecular weight is 526 g/mol. The van der Waals surface area contributed by atoms with Crippen LogP contribution in [0.3, 0.4) is 0 Å². The van der Waals surface area contributed by atoms with Gasteiger partial charge in [0.15, 0.2) is 23.0 Å². The molecule has 4 rings (SSSR count). The van der Waals surface area contributed by atoms with Crippen LogP contribution in [0, 0.1) is 5.82 Å². The average Bonchev–Trinajstić information content (AvgIpc) is 3.37. The van der Waals surface area contributed by atoms with Gasteiger partial charge in [-0.15, -0.1) is 0 Å². The molecule has 0 fully saturated rings. The SMILES string of the molecule is COCCOCCOc1ccc(Nc2nc(Nc3ccc(F)cc3NC(C)=O)c3[nH]cnc3n2)cc1OC. The van der Waals surface area contributed by atoms with Crippen LogP contribution >= 0.6 is 0 Å². The van der Waals surface area contributed by atoms with Gasteiger partial charge in [0.25, 0.3) is 0 Å². The molecular weight excluding hydrogens is 497 g/mol. The molecule has 200 valence electrons. The van der Waals surface area contributed by atoms with Crippen LogP contribution in [-0.4, -0.2) is 66.5 Å². The summed E-state index contributed by atoms with van der Waals surface area (Å²) in [4.78, 5) is 27.8. The van der Waals surface area contributed by atoms with E-state index in [4.69, 9.17) is 18.9 Å². The molecule has 4 N–H and O–H groups in total. The van der Waals surface area contributed by atoms with Crippen LogP contribution in [0.5, 0.6) is 11.5 Å². The number of nitrogens with zero attached hydrogens (tertiary/aromatic N) is 3. The summed E-state index contributed by atoms with van der Waals surface area (Å²) in [5.41, 5.74) is 2.28. The van der Waals surface area contributed by atoms with Crippen molar-refractivity contribution < 1.29 is 28.1 Å². The number of benzene rings is 2. The van der Waals surface area contributed by atoms with Crippen molar-refractivity contribution in [2.24, 2.45) is 0 Å². The molecule has 0 atom stereocenters.